The molecule has 0 aliphatic heterocycles. The Balaban J connectivity index is 4.37. The van der Waals surface area contributed by atoms with Crippen LogP contribution in [0.3, 0.4) is 0 Å². The molecule has 0 saturated heterocycles. The normalized spacial score (nSPS) is 13.0. The molecule has 80 heavy (non-hydrogen) atoms. The fourth-order valence-electron chi connectivity index (χ4n) is 9.01. The lowest BCUT2D eigenvalue weighted by Crippen LogP contribution is -2.30. The average molecular weight is 1110 g/mol. The summed E-state index contributed by atoms with van der Waals surface area (Å²) < 4.78 is 16.9. The standard InChI is InChI=1S/C74H122O6/c1-4-7-10-13-16-19-22-25-27-29-31-33-35-36-37-38-40-41-43-45-47-49-52-55-58-61-64-67-73(76)79-70-71(69-78-72(75)66-63-60-57-54-51-24-21-18-15-12-9-6-3)80-74(77)68-65-62-59-56-53-50-48-46-44-42-39-34-32-30-28-26-23-20-17-14-11-8-5-2/h7-8,10-11,16-17,19-20,25-28,31-34,42,44,48,50,56,59,71H,4-6,9,12-15,18,21-24,29-30,35-41,43,45-47,49,51-55,57-58,60-70H2,1-3H3/b10-7-,11-8-,19-16-,20-17-,27-25-,28-26-,33-31-,34-32-,44-42-,50-48-,59-56-. The topological polar surface area (TPSA) is 78.9 Å². The Bertz CT molecular complexity index is 1700. The van der Waals surface area contributed by atoms with Gasteiger partial charge in [0.2, 0.25) is 0 Å². The van der Waals surface area contributed by atoms with E-state index in [0.29, 0.717) is 19.3 Å². The highest BCUT2D eigenvalue weighted by molar-refractivity contribution is 5.71. The smallest absolute Gasteiger partial charge is 0.306 e. The van der Waals surface area contributed by atoms with Gasteiger partial charge in [0.15, 0.2) is 6.10 Å². The minimum absolute atomic E-state index is 0.101. The Morgan fingerprint density at radius 2 is 0.500 bits per heavy atom. The maximum Gasteiger partial charge on any atom is 0.306 e. The van der Waals surface area contributed by atoms with Crippen molar-refractivity contribution in [3.8, 4) is 0 Å². The molecular weight excluding hydrogens is 985 g/mol. The molecule has 0 aliphatic carbocycles. The van der Waals surface area contributed by atoms with Crippen LogP contribution in [-0.2, 0) is 28.6 Å². The van der Waals surface area contributed by atoms with Crippen LogP contribution < -0.4 is 0 Å². The number of allylic oxidation sites excluding steroid dienone is 22. The fourth-order valence-corrected chi connectivity index (χ4v) is 9.01. The Kier molecular flexibility index (Phi) is 63.3. The molecule has 0 bridgehead atoms. The van der Waals surface area contributed by atoms with E-state index < -0.39 is 6.10 Å². The van der Waals surface area contributed by atoms with Crippen molar-refractivity contribution in [1.82, 2.24) is 0 Å². The summed E-state index contributed by atoms with van der Waals surface area (Å²) in [5.74, 6) is -0.957. The summed E-state index contributed by atoms with van der Waals surface area (Å²) >= 11 is 0. The van der Waals surface area contributed by atoms with E-state index in [1.807, 2.05) is 0 Å². The maximum absolute atomic E-state index is 12.9. The summed E-state index contributed by atoms with van der Waals surface area (Å²) in [7, 11) is 0. The van der Waals surface area contributed by atoms with Gasteiger partial charge in [-0.2, -0.15) is 0 Å². The quantitative estimate of drug-likeness (QED) is 0.0261. The first-order valence-corrected chi connectivity index (χ1v) is 33.2. The van der Waals surface area contributed by atoms with Gasteiger partial charge in [0.05, 0.1) is 0 Å². The van der Waals surface area contributed by atoms with Crippen molar-refractivity contribution in [2.45, 2.75) is 303 Å². The molecular formula is C74H122O6. The van der Waals surface area contributed by atoms with Crippen molar-refractivity contribution in [2.24, 2.45) is 0 Å². The molecule has 0 aromatic heterocycles. The third-order valence-corrected chi connectivity index (χ3v) is 13.9. The van der Waals surface area contributed by atoms with E-state index in [-0.39, 0.29) is 37.5 Å². The summed E-state index contributed by atoms with van der Waals surface area (Å²) in [6.07, 6.45) is 94.7. The van der Waals surface area contributed by atoms with Gasteiger partial charge in [0.1, 0.15) is 13.2 Å². The third kappa shape index (κ3) is 64.4. The van der Waals surface area contributed by atoms with Crippen LogP contribution in [0, 0.1) is 0 Å². The first-order valence-electron chi connectivity index (χ1n) is 33.2. The van der Waals surface area contributed by atoms with Crippen LogP contribution in [0.15, 0.2) is 134 Å². The largest absolute Gasteiger partial charge is 0.462 e. The zero-order chi connectivity index (χ0) is 57.8. The van der Waals surface area contributed by atoms with Crippen LogP contribution >= 0.6 is 0 Å². The Labute approximate surface area is 494 Å². The summed E-state index contributed by atoms with van der Waals surface area (Å²) in [5, 5.41) is 0. The van der Waals surface area contributed by atoms with Gasteiger partial charge in [0, 0.05) is 19.3 Å². The van der Waals surface area contributed by atoms with Crippen molar-refractivity contribution in [2.75, 3.05) is 13.2 Å². The van der Waals surface area contributed by atoms with E-state index in [2.05, 4.69) is 154 Å². The summed E-state index contributed by atoms with van der Waals surface area (Å²) in [6, 6.07) is 0. The molecule has 0 aromatic rings. The van der Waals surface area contributed by atoms with Crippen LogP contribution in [0.5, 0.6) is 0 Å². The van der Waals surface area contributed by atoms with Crippen molar-refractivity contribution >= 4 is 17.9 Å². The number of esters is 3. The second kappa shape index (κ2) is 67.1. The SMILES string of the molecule is CC/C=C\C/C=C\C/C=C\C/C=C\C/C=C\C/C=C\C/C=C\CCCC(=O)OC(COC(=O)CCCCCCCCCCCCCC)COC(=O)CCCCCCCCCCCCCCCC/C=C\C/C=C\C/C=C\C/C=C\CC. The lowest BCUT2D eigenvalue weighted by molar-refractivity contribution is -0.167. The van der Waals surface area contributed by atoms with E-state index >= 15 is 0 Å². The number of carbonyl (C=O) groups is 3. The van der Waals surface area contributed by atoms with E-state index in [9.17, 15) is 14.4 Å². The molecule has 1 unspecified atom stereocenters. The molecule has 0 radical (unpaired) electrons. The molecule has 0 heterocycles. The molecule has 6 heteroatoms. The molecule has 454 valence electrons. The first kappa shape index (κ1) is 75.5. The maximum atomic E-state index is 12.9. The highest BCUT2D eigenvalue weighted by Gasteiger charge is 2.19. The van der Waals surface area contributed by atoms with Crippen LogP contribution in [0.1, 0.15) is 297 Å². The predicted molar refractivity (Wildman–Crippen MR) is 348 cm³/mol. The lowest BCUT2D eigenvalue weighted by Gasteiger charge is -2.18. The van der Waals surface area contributed by atoms with Crippen LogP contribution in [0.25, 0.3) is 0 Å². The van der Waals surface area contributed by atoms with Crippen molar-refractivity contribution in [3.63, 3.8) is 0 Å². The van der Waals surface area contributed by atoms with Gasteiger partial charge in [-0.1, -0.05) is 302 Å². The van der Waals surface area contributed by atoms with Gasteiger partial charge >= 0.3 is 17.9 Å². The average Bonchev–Trinajstić information content (AvgIpc) is 3.46. The van der Waals surface area contributed by atoms with E-state index in [0.717, 1.165) is 116 Å². The zero-order valence-corrected chi connectivity index (χ0v) is 52.0. The fraction of sp³-hybridized carbons (Fsp3) is 0.662. The predicted octanol–water partition coefficient (Wildman–Crippen LogP) is 22.9. The summed E-state index contributed by atoms with van der Waals surface area (Å²) in [5.41, 5.74) is 0. The van der Waals surface area contributed by atoms with E-state index in [4.69, 9.17) is 14.2 Å². The Morgan fingerprint density at radius 1 is 0.263 bits per heavy atom. The number of hydrogen-bond acceptors (Lipinski definition) is 6. The van der Waals surface area contributed by atoms with Crippen LogP contribution in [0.4, 0.5) is 0 Å². The summed E-state index contributed by atoms with van der Waals surface area (Å²) in [6.45, 7) is 6.38. The number of hydrogen-bond donors (Lipinski definition) is 0. The molecule has 0 amide bonds. The molecule has 0 aromatic carbocycles. The van der Waals surface area contributed by atoms with E-state index in [1.165, 1.54) is 135 Å². The molecule has 0 N–H and O–H groups in total. The molecule has 0 saturated carbocycles. The molecule has 0 spiro atoms. The number of unbranched alkanes of at least 4 members (excludes halogenated alkanes) is 26. The molecule has 0 rings (SSSR count). The van der Waals surface area contributed by atoms with Crippen LogP contribution in [-0.4, -0.2) is 37.2 Å². The summed E-state index contributed by atoms with van der Waals surface area (Å²) in [4.78, 5) is 38.3. The van der Waals surface area contributed by atoms with Crippen molar-refractivity contribution < 1.29 is 28.6 Å². The number of ether oxygens (including phenoxy) is 3. The first-order chi connectivity index (χ1) is 39.5. The minimum atomic E-state index is -0.812. The number of rotatable bonds is 59. The van der Waals surface area contributed by atoms with Gasteiger partial charge < -0.3 is 14.2 Å². The second-order valence-corrected chi connectivity index (χ2v) is 21.6. The second-order valence-electron chi connectivity index (χ2n) is 21.6. The van der Waals surface area contributed by atoms with Gasteiger partial charge in [-0.05, 0) is 109 Å². The van der Waals surface area contributed by atoms with Gasteiger partial charge in [0.25, 0.3) is 0 Å². The molecule has 0 fully saturated rings. The lowest BCUT2D eigenvalue weighted by atomic mass is 10.0. The van der Waals surface area contributed by atoms with Crippen molar-refractivity contribution in [1.29, 1.82) is 0 Å². The minimum Gasteiger partial charge on any atom is -0.462 e. The Morgan fingerprint density at radius 3 is 0.800 bits per heavy atom. The highest BCUT2D eigenvalue weighted by Crippen LogP contribution is 2.16. The van der Waals surface area contributed by atoms with Crippen LogP contribution in [0.2, 0.25) is 0 Å². The Hall–Kier alpha value is -4.45. The molecule has 1 atom stereocenters. The van der Waals surface area contributed by atoms with Gasteiger partial charge in [-0.15, -0.1) is 0 Å². The van der Waals surface area contributed by atoms with Crippen molar-refractivity contribution in [3.05, 3.63) is 134 Å². The highest BCUT2D eigenvalue weighted by atomic mass is 16.6. The van der Waals surface area contributed by atoms with Gasteiger partial charge in [-0.25, -0.2) is 0 Å². The molecule has 6 nitrogen and oxygen atoms in total. The number of carbonyl (C=O) groups excluding carboxylic acids is 3. The van der Waals surface area contributed by atoms with Gasteiger partial charge in [-0.3, -0.25) is 14.4 Å². The molecule has 0 aliphatic rings. The van der Waals surface area contributed by atoms with E-state index in [1.54, 1.807) is 0 Å². The zero-order valence-electron chi connectivity index (χ0n) is 52.0. The third-order valence-electron chi connectivity index (χ3n) is 13.9. The monoisotopic (exact) mass is 1110 g/mol.